The molecule has 0 saturated heterocycles. The summed E-state index contributed by atoms with van der Waals surface area (Å²) in [5.74, 6) is 5.74. The Hall–Kier alpha value is -0.780. The molecule has 7 unspecified atom stereocenters. The summed E-state index contributed by atoms with van der Waals surface area (Å²) < 4.78 is 0. The second kappa shape index (κ2) is 18.6. The van der Waals surface area contributed by atoms with Crippen LogP contribution in [0.4, 0.5) is 0 Å². The average molecular weight is 541 g/mol. The van der Waals surface area contributed by atoms with Crippen molar-refractivity contribution >= 4 is 0 Å². The molecule has 0 aromatic rings. The van der Waals surface area contributed by atoms with Gasteiger partial charge in [-0.15, -0.1) is 0 Å². The summed E-state index contributed by atoms with van der Waals surface area (Å²) in [5, 5.41) is 0. The lowest BCUT2D eigenvalue weighted by Gasteiger charge is -2.32. The molecule has 1 fully saturated rings. The fourth-order valence-electron chi connectivity index (χ4n) is 7.28. The third-order valence-corrected chi connectivity index (χ3v) is 10.6. The Morgan fingerprint density at radius 3 is 2.05 bits per heavy atom. The Labute approximate surface area is 248 Å². The summed E-state index contributed by atoms with van der Waals surface area (Å²) >= 11 is 0. The third kappa shape index (κ3) is 11.9. The van der Waals surface area contributed by atoms with Gasteiger partial charge in [-0.1, -0.05) is 150 Å². The second-order valence-corrected chi connectivity index (χ2v) is 14.5. The van der Waals surface area contributed by atoms with E-state index in [0.717, 1.165) is 29.6 Å². The van der Waals surface area contributed by atoms with Gasteiger partial charge in [0.25, 0.3) is 0 Å². The first-order chi connectivity index (χ1) is 18.5. The van der Waals surface area contributed by atoms with Crippen LogP contribution in [0.25, 0.3) is 0 Å². The maximum Gasteiger partial charge on any atom is 0.000950 e. The smallest absolute Gasteiger partial charge is 0.000950 e. The predicted molar refractivity (Wildman–Crippen MR) is 179 cm³/mol. The number of hydrogen-bond donors (Lipinski definition) is 0. The zero-order chi connectivity index (χ0) is 29.6. The molecule has 39 heavy (non-hydrogen) atoms. The van der Waals surface area contributed by atoms with E-state index in [4.69, 9.17) is 0 Å². The van der Waals surface area contributed by atoms with Crippen LogP contribution in [0.3, 0.4) is 0 Å². The van der Waals surface area contributed by atoms with Crippen molar-refractivity contribution in [2.45, 2.75) is 160 Å². The Morgan fingerprint density at radius 2 is 1.56 bits per heavy atom. The van der Waals surface area contributed by atoms with Gasteiger partial charge in [0.15, 0.2) is 0 Å². The summed E-state index contributed by atoms with van der Waals surface area (Å²) in [6.45, 7) is 29.2. The van der Waals surface area contributed by atoms with Crippen LogP contribution in [0.1, 0.15) is 160 Å². The molecular weight excluding hydrogens is 468 g/mol. The Balaban J connectivity index is 3.40. The van der Waals surface area contributed by atoms with Crippen molar-refractivity contribution in [3.05, 3.63) is 35.5 Å². The molecule has 0 amide bonds. The first kappa shape index (κ1) is 36.2. The van der Waals surface area contributed by atoms with Crippen LogP contribution in [0, 0.1) is 52.8 Å². The molecule has 0 spiro atoms. The summed E-state index contributed by atoms with van der Waals surface area (Å²) in [6.07, 6.45) is 26.4. The third-order valence-electron chi connectivity index (χ3n) is 10.6. The highest BCUT2D eigenvalue weighted by atomic mass is 14.6. The lowest BCUT2D eigenvalue weighted by molar-refractivity contribution is 0.251. The summed E-state index contributed by atoms with van der Waals surface area (Å²) in [7, 11) is 0. The van der Waals surface area contributed by atoms with Crippen molar-refractivity contribution in [1.29, 1.82) is 0 Å². The zero-order valence-electron chi connectivity index (χ0n) is 28.9. The maximum atomic E-state index is 2.75. The normalized spacial score (nSPS) is 24.4. The number of unbranched alkanes of at least 4 members (excludes halogenated alkanes) is 3. The molecule has 0 heteroatoms. The van der Waals surface area contributed by atoms with E-state index in [-0.39, 0.29) is 0 Å². The summed E-state index contributed by atoms with van der Waals surface area (Å²) in [5.41, 5.74) is 3.94. The van der Waals surface area contributed by atoms with Gasteiger partial charge in [-0.05, 0) is 92.3 Å². The lowest BCUT2D eigenvalue weighted by Crippen LogP contribution is -2.21. The molecule has 1 rings (SSSR count). The fraction of sp³-hybridized carbons (Fsp3) is 0.846. The van der Waals surface area contributed by atoms with E-state index in [1.807, 2.05) is 0 Å². The highest BCUT2D eigenvalue weighted by Crippen LogP contribution is 2.61. The van der Waals surface area contributed by atoms with Crippen molar-refractivity contribution in [3.63, 3.8) is 0 Å². The van der Waals surface area contributed by atoms with Crippen LogP contribution in [0.15, 0.2) is 35.5 Å². The minimum absolute atomic E-state index is 0.488. The molecule has 228 valence electrons. The van der Waals surface area contributed by atoms with Crippen LogP contribution in [-0.2, 0) is 0 Å². The minimum Gasteiger partial charge on any atom is -0.0879 e. The van der Waals surface area contributed by atoms with Gasteiger partial charge in [-0.2, -0.15) is 0 Å². The second-order valence-electron chi connectivity index (χ2n) is 14.5. The summed E-state index contributed by atoms with van der Waals surface area (Å²) in [6, 6.07) is 0. The molecular formula is C39H72. The number of rotatable bonds is 21. The van der Waals surface area contributed by atoms with E-state index < -0.39 is 0 Å². The highest BCUT2D eigenvalue weighted by molar-refractivity contribution is 5.27. The molecule has 0 aliphatic heterocycles. The number of hydrogen-bond acceptors (Lipinski definition) is 0. The van der Waals surface area contributed by atoms with E-state index in [1.54, 1.807) is 11.1 Å². The van der Waals surface area contributed by atoms with Gasteiger partial charge in [0.1, 0.15) is 0 Å². The summed E-state index contributed by atoms with van der Waals surface area (Å²) in [4.78, 5) is 0. The zero-order valence-corrected chi connectivity index (χ0v) is 28.9. The van der Waals surface area contributed by atoms with Gasteiger partial charge in [0, 0.05) is 5.92 Å². The molecule has 0 heterocycles. The van der Waals surface area contributed by atoms with E-state index in [1.165, 1.54) is 77.0 Å². The average Bonchev–Trinajstić information content (AvgIpc) is 3.56. The van der Waals surface area contributed by atoms with Gasteiger partial charge in [-0.3, -0.25) is 0 Å². The van der Waals surface area contributed by atoms with Crippen LogP contribution >= 0.6 is 0 Å². The van der Waals surface area contributed by atoms with Gasteiger partial charge in [0.05, 0.1) is 0 Å². The van der Waals surface area contributed by atoms with E-state index in [2.05, 4.69) is 107 Å². The standard InChI is InChI=1S/C39H72/c1-13-17-19-21-31(9)38(27-35(15-3)30(7)8)33(11)25-36(22-20-18-14-2)32(10)26-37(24-23-29(5)6)39(16-4)28-34(39)12/h20,22,25-26,29-32,34-36,38H,13-19,21,23-24,27-28H2,1-12H3. The molecule has 0 bridgehead atoms. The van der Waals surface area contributed by atoms with Gasteiger partial charge in [-0.25, -0.2) is 0 Å². The van der Waals surface area contributed by atoms with Crippen LogP contribution in [-0.4, -0.2) is 0 Å². The Kier molecular flexibility index (Phi) is 17.3. The van der Waals surface area contributed by atoms with Crippen molar-refractivity contribution in [1.82, 2.24) is 0 Å². The Morgan fingerprint density at radius 1 is 0.897 bits per heavy atom. The highest BCUT2D eigenvalue weighted by Gasteiger charge is 2.51. The van der Waals surface area contributed by atoms with Crippen molar-refractivity contribution < 1.29 is 0 Å². The largest absolute Gasteiger partial charge is 0.0879 e. The first-order valence-electron chi connectivity index (χ1n) is 17.5. The minimum atomic E-state index is 0.488. The molecule has 0 aromatic carbocycles. The lowest BCUT2D eigenvalue weighted by atomic mass is 9.74. The van der Waals surface area contributed by atoms with Gasteiger partial charge < -0.3 is 0 Å². The fourth-order valence-corrected chi connectivity index (χ4v) is 7.28. The van der Waals surface area contributed by atoms with Gasteiger partial charge >= 0.3 is 0 Å². The van der Waals surface area contributed by atoms with Crippen molar-refractivity contribution in [2.75, 3.05) is 0 Å². The maximum absolute atomic E-state index is 2.75. The molecule has 1 saturated carbocycles. The first-order valence-corrected chi connectivity index (χ1v) is 17.5. The van der Waals surface area contributed by atoms with Gasteiger partial charge in [0.2, 0.25) is 0 Å². The van der Waals surface area contributed by atoms with E-state index in [9.17, 15) is 0 Å². The quantitative estimate of drug-likeness (QED) is 0.100. The molecule has 0 N–H and O–H groups in total. The van der Waals surface area contributed by atoms with E-state index >= 15 is 0 Å². The molecule has 1 aliphatic carbocycles. The molecule has 1 aliphatic rings. The van der Waals surface area contributed by atoms with Crippen molar-refractivity contribution in [3.8, 4) is 0 Å². The van der Waals surface area contributed by atoms with E-state index in [0.29, 0.717) is 23.2 Å². The molecule has 0 aromatic heterocycles. The molecule has 0 radical (unpaired) electrons. The van der Waals surface area contributed by atoms with Crippen LogP contribution < -0.4 is 0 Å². The van der Waals surface area contributed by atoms with Crippen LogP contribution in [0.5, 0.6) is 0 Å². The Bertz CT molecular complexity index is 729. The molecule has 7 atom stereocenters. The van der Waals surface area contributed by atoms with Crippen molar-refractivity contribution in [2.24, 2.45) is 52.8 Å². The predicted octanol–water partition coefficient (Wildman–Crippen LogP) is 13.2. The SMILES string of the molecule is CCCC=CC(C=C(C)C(CC(CC)C(C)C)C(C)CCCCC)C(C)C=C(CCC(C)C)C1(CC)CC1C. The monoisotopic (exact) mass is 541 g/mol. The molecule has 0 nitrogen and oxygen atoms in total. The van der Waals surface area contributed by atoms with Crippen LogP contribution in [0.2, 0.25) is 0 Å². The topological polar surface area (TPSA) is 0 Å². The number of allylic oxidation sites excluding steroid dienone is 6.